The van der Waals surface area contributed by atoms with Gasteiger partial charge in [-0.2, -0.15) is 0 Å². The predicted molar refractivity (Wildman–Crippen MR) is 92.1 cm³/mol. The number of rotatable bonds is 5. The Morgan fingerprint density at radius 3 is 2.38 bits per heavy atom. The average Bonchev–Trinajstić information content (AvgIpc) is 2.75. The molecular weight excluding hydrogens is 394 g/mol. The molecular formula is C14H15BrClNO2S2. The largest absolute Gasteiger partial charge is 0.306 e. The molecule has 114 valence electrons. The van der Waals surface area contributed by atoms with Crippen molar-refractivity contribution in [2.45, 2.75) is 17.9 Å². The summed E-state index contributed by atoms with van der Waals surface area (Å²) in [6.07, 6.45) is 1.21. The van der Waals surface area contributed by atoms with Crippen LogP contribution in [0, 0.1) is 0 Å². The molecule has 7 heteroatoms. The normalized spacial score (nSPS) is 13.3. The fourth-order valence-corrected chi connectivity index (χ4v) is 4.48. The summed E-state index contributed by atoms with van der Waals surface area (Å²) >= 11 is 11.1. The summed E-state index contributed by atoms with van der Waals surface area (Å²) in [5, 5.41) is 4.08. The molecule has 0 spiro atoms. The van der Waals surface area contributed by atoms with Crippen LogP contribution in [0.2, 0.25) is 5.02 Å². The third-order valence-electron chi connectivity index (χ3n) is 3.00. The van der Waals surface area contributed by atoms with Gasteiger partial charge >= 0.3 is 0 Å². The average molecular weight is 409 g/mol. The zero-order chi connectivity index (χ0) is 15.6. The van der Waals surface area contributed by atoms with E-state index in [2.05, 4.69) is 21.2 Å². The lowest BCUT2D eigenvalue weighted by Gasteiger charge is -2.17. The van der Waals surface area contributed by atoms with Gasteiger partial charge in [0, 0.05) is 11.1 Å². The zero-order valence-electron chi connectivity index (χ0n) is 11.6. The molecule has 0 radical (unpaired) electrons. The van der Waals surface area contributed by atoms with Crippen LogP contribution in [-0.4, -0.2) is 21.2 Å². The molecule has 0 bridgehead atoms. The van der Waals surface area contributed by atoms with Gasteiger partial charge in [-0.1, -0.05) is 30.7 Å². The quantitative estimate of drug-likeness (QED) is 0.804. The van der Waals surface area contributed by atoms with E-state index in [1.165, 1.54) is 6.26 Å². The molecule has 3 nitrogen and oxygen atoms in total. The first kappa shape index (κ1) is 17.0. The molecule has 0 amide bonds. The summed E-state index contributed by atoms with van der Waals surface area (Å²) in [6.45, 7) is 2.83. The smallest absolute Gasteiger partial charge is 0.175 e. The van der Waals surface area contributed by atoms with Gasteiger partial charge in [0.05, 0.1) is 19.7 Å². The van der Waals surface area contributed by atoms with E-state index < -0.39 is 9.84 Å². The molecule has 2 rings (SSSR count). The van der Waals surface area contributed by atoms with Gasteiger partial charge in [-0.05, 0) is 46.2 Å². The molecule has 1 heterocycles. The highest BCUT2D eigenvalue weighted by Gasteiger charge is 2.18. The van der Waals surface area contributed by atoms with Crippen LogP contribution >= 0.6 is 38.9 Å². The lowest BCUT2D eigenvalue weighted by Crippen LogP contribution is -2.21. The number of hydrogen-bond acceptors (Lipinski definition) is 4. The maximum absolute atomic E-state index is 11.5. The molecule has 1 atom stereocenters. The number of benzene rings is 1. The molecule has 21 heavy (non-hydrogen) atoms. The maximum Gasteiger partial charge on any atom is 0.175 e. The van der Waals surface area contributed by atoms with Crippen molar-refractivity contribution in [3.63, 3.8) is 0 Å². The van der Waals surface area contributed by atoms with Gasteiger partial charge in [0.2, 0.25) is 0 Å². The van der Waals surface area contributed by atoms with Crippen molar-refractivity contribution in [2.75, 3.05) is 12.8 Å². The second kappa shape index (κ2) is 6.79. The Morgan fingerprint density at radius 2 is 1.95 bits per heavy atom. The first-order chi connectivity index (χ1) is 9.82. The lowest BCUT2D eigenvalue weighted by molar-refractivity contribution is 0.601. The van der Waals surface area contributed by atoms with Crippen molar-refractivity contribution in [1.82, 2.24) is 5.32 Å². The standard InChI is InChI=1S/C14H15BrClNO2S2/c1-3-17-13(12-8-11(16)14(15)20-12)9-4-6-10(7-5-9)21(2,18)19/h4-8,13,17H,3H2,1-2H3. The first-order valence-electron chi connectivity index (χ1n) is 6.31. The number of halogens is 2. The van der Waals surface area contributed by atoms with Crippen molar-refractivity contribution in [1.29, 1.82) is 0 Å². The highest BCUT2D eigenvalue weighted by Crippen LogP contribution is 2.37. The number of sulfone groups is 1. The van der Waals surface area contributed by atoms with Crippen molar-refractivity contribution in [3.8, 4) is 0 Å². The van der Waals surface area contributed by atoms with Gasteiger partial charge in [-0.3, -0.25) is 0 Å². The Bertz CT molecular complexity index is 706. The lowest BCUT2D eigenvalue weighted by atomic mass is 10.1. The Labute approximate surface area is 142 Å². The molecule has 0 aliphatic carbocycles. The van der Waals surface area contributed by atoms with Crippen LogP contribution in [0.4, 0.5) is 0 Å². The van der Waals surface area contributed by atoms with E-state index in [0.29, 0.717) is 9.92 Å². The number of thiophene rings is 1. The second-order valence-electron chi connectivity index (χ2n) is 4.60. The molecule has 0 saturated heterocycles. The predicted octanol–water partition coefficient (Wildman–Crippen LogP) is 4.27. The summed E-state index contributed by atoms with van der Waals surface area (Å²) in [5.41, 5.74) is 1.01. The third-order valence-corrected chi connectivity index (χ3v) is 6.67. The summed E-state index contributed by atoms with van der Waals surface area (Å²) < 4.78 is 23.9. The monoisotopic (exact) mass is 407 g/mol. The van der Waals surface area contributed by atoms with Gasteiger partial charge in [0.15, 0.2) is 9.84 Å². The van der Waals surface area contributed by atoms with Gasteiger partial charge < -0.3 is 5.32 Å². The third kappa shape index (κ3) is 4.07. The van der Waals surface area contributed by atoms with E-state index in [1.54, 1.807) is 23.5 Å². The van der Waals surface area contributed by atoms with Crippen LogP contribution in [0.3, 0.4) is 0 Å². The zero-order valence-corrected chi connectivity index (χ0v) is 15.5. The van der Waals surface area contributed by atoms with Gasteiger partial charge in [-0.25, -0.2) is 8.42 Å². The van der Waals surface area contributed by atoms with Crippen LogP contribution < -0.4 is 5.32 Å². The molecule has 2 aromatic rings. The minimum Gasteiger partial charge on any atom is -0.306 e. The summed E-state index contributed by atoms with van der Waals surface area (Å²) in [5.74, 6) is 0. The van der Waals surface area contributed by atoms with E-state index in [-0.39, 0.29) is 6.04 Å². The highest BCUT2D eigenvalue weighted by molar-refractivity contribution is 9.11. The Hall–Kier alpha value is -0.400. The van der Waals surface area contributed by atoms with E-state index in [4.69, 9.17) is 11.6 Å². The highest BCUT2D eigenvalue weighted by atomic mass is 79.9. The summed E-state index contributed by atoms with van der Waals surface area (Å²) in [4.78, 5) is 1.41. The maximum atomic E-state index is 11.5. The first-order valence-corrected chi connectivity index (χ1v) is 10.2. The number of hydrogen-bond donors (Lipinski definition) is 1. The van der Waals surface area contributed by atoms with Crippen molar-refractivity contribution in [3.05, 3.63) is 49.6 Å². The second-order valence-corrected chi connectivity index (χ2v) is 9.43. The van der Waals surface area contributed by atoms with Gasteiger partial charge in [-0.15, -0.1) is 11.3 Å². The van der Waals surface area contributed by atoms with Crippen LogP contribution in [0.5, 0.6) is 0 Å². The summed E-state index contributed by atoms with van der Waals surface area (Å²) in [7, 11) is -3.17. The van der Waals surface area contributed by atoms with E-state index in [9.17, 15) is 8.42 Å². The van der Waals surface area contributed by atoms with Crippen molar-refractivity contribution in [2.24, 2.45) is 0 Å². The van der Waals surface area contributed by atoms with Gasteiger partial charge in [0.1, 0.15) is 0 Å². The molecule has 1 aromatic carbocycles. The van der Waals surface area contributed by atoms with Crippen LogP contribution in [0.25, 0.3) is 0 Å². The molecule has 1 N–H and O–H groups in total. The Morgan fingerprint density at radius 1 is 1.33 bits per heavy atom. The number of nitrogens with one attached hydrogen (secondary N) is 1. The minimum absolute atomic E-state index is 0.00240. The molecule has 0 fully saturated rings. The fraction of sp³-hybridized carbons (Fsp3) is 0.286. The van der Waals surface area contributed by atoms with Crippen LogP contribution in [0.1, 0.15) is 23.4 Å². The molecule has 1 unspecified atom stereocenters. The Kier molecular flexibility index (Phi) is 5.48. The Balaban J connectivity index is 2.39. The van der Waals surface area contributed by atoms with E-state index in [0.717, 1.165) is 20.8 Å². The molecule has 0 aliphatic heterocycles. The van der Waals surface area contributed by atoms with Crippen LogP contribution in [0.15, 0.2) is 39.0 Å². The van der Waals surface area contributed by atoms with Crippen molar-refractivity contribution < 1.29 is 8.42 Å². The van der Waals surface area contributed by atoms with Crippen molar-refractivity contribution >= 4 is 48.7 Å². The van der Waals surface area contributed by atoms with E-state index in [1.807, 2.05) is 25.1 Å². The topological polar surface area (TPSA) is 46.2 Å². The minimum atomic E-state index is -3.17. The molecule has 1 aromatic heterocycles. The molecule has 0 saturated carbocycles. The SMILES string of the molecule is CCNC(c1ccc(S(C)(=O)=O)cc1)c1cc(Cl)c(Br)s1. The fourth-order valence-electron chi connectivity index (χ4n) is 2.00. The molecule has 0 aliphatic rings. The van der Waals surface area contributed by atoms with Crippen LogP contribution in [-0.2, 0) is 9.84 Å². The van der Waals surface area contributed by atoms with Gasteiger partial charge in [0.25, 0.3) is 0 Å². The van der Waals surface area contributed by atoms with E-state index >= 15 is 0 Å². The summed E-state index contributed by atoms with van der Waals surface area (Å²) in [6, 6.07) is 8.88.